The highest BCUT2D eigenvalue weighted by Gasteiger charge is 2.17. The summed E-state index contributed by atoms with van der Waals surface area (Å²) in [4.78, 5) is 29.7. The number of aromatic nitrogens is 2. The molecule has 1 aromatic heterocycles. The molecule has 32 heavy (non-hydrogen) atoms. The van der Waals surface area contributed by atoms with Gasteiger partial charge >= 0.3 is 0 Å². The van der Waals surface area contributed by atoms with Crippen LogP contribution in [-0.4, -0.2) is 41.6 Å². The van der Waals surface area contributed by atoms with Crippen LogP contribution < -0.4 is 20.1 Å². The van der Waals surface area contributed by atoms with Crippen LogP contribution in [0.25, 0.3) is 17.1 Å². The molecule has 0 fully saturated rings. The van der Waals surface area contributed by atoms with Gasteiger partial charge in [-0.1, -0.05) is 13.8 Å². The minimum atomic E-state index is -0.273. The molecular formula is C24H26N4O4. The molecular weight excluding hydrogens is 408 g/mol. The maximum atomic E-state index is 12.8. The van der Waals surface area contributed by atoms with Crippen molar-refractivity contribution in [2.24, 2.45) is 5.92 Å². The third-order valence-corrected chi connectivity index (χ3v) is 5.10. The molecule has 8 nitrogen and oxygen atoms in total. The van der Waals surface area contributed by atoms with Gasteiger partial charge in [-0.25, -0.2) is 4.98 Å². The molecule has 2 heterocycles. The summed E-state index contributed by atoms with van der Waals surface area (Å²) in [6.45, 7) is 4.77. The smallest absolute Gasteiger partial charge is 0.258 e. The van der Waals surface area contributed by atoms with E-state index < -0.39 is 0 Å². The van der Waals surface area contributed by atoms with E-state index in [9.17, 15) is 9.59 Å². The maximum Gasteiger partial charge on any atom is 0.258 e. The van der Waals surface area contributed by atoms with E-state index in [1.165, 1.54) is 0 Å². The van der Waals surface area contributed by atoms with Crippen LogP contribution in [0.1, 0.15) is 29.8 Å². The summed E-state index contributed by atoms with van der Waals surface area (Å²) in [6, 6.07) is 11.0. The molecule has 3 aromatic rings. The minimum absolute atomic E-state index is 0.157. The van der Waals surface area contributed by atoms with Crippen molar-refractivity contribution >= 4 is 11.8 Å². The number of carbonyl (C=O) groups excluding carboxylic acids is 2. The lowest BCUT2D eigenvalue weighted by molar-refractivity contribution is -0.123. The van der Waals surface area contributed by atoms with Crippen LogP contribution in [0.2, 0.25) is 0 Å². The SMILES string of the molecule is COc1ccc2cc1OCC(=O)NCc1cc(C(=O)NCC(C)C)cc(c1)-n1ccnc1-2. The summed E-state index contributed by atoms with van der Waals surface area (Å²) in [7, 11) is 1.55. The third kappa shape index (κ3) is 4.59. The number of amides is 2. The highest BCUT2D eigenvalue weighted by Crippen LogP contribution is 2.33. The van der Waals surface area contributed by atoms with Crippen molar-refractivity contribution in [3.8, 4) is 28.6 Å². The number of rotatable bonds is 4. The lowest BCUT2D eigenvalue weighted by Gasteiger charge is -2.14. The van der Waals surface area contributed by atoms with E-state index in [1.54, 1.807) is 31.5 Å². The second-order valence-electron chi connectivity index (χ2n) is 8.04. The van der Waals surface area contributed by atoms with Gasteiger partial charge in [0.2, 0.25) is 0 Å². The molecule has 8 heteroatoms. The van der Waals surface area contributed by atoms with E-state index in [0.717, 1.165) is 16.8 Å². The Balaban J connectivity index is 1.82. The second kappa shape index (κ2) is 9.13. The average molecular weight is 434 g/mol. The fraction of sp³-hybridized carbons (Fsp3) is 0.292. The van der Waals surface area contributed by atoms with Crippen LogP contribution in [0.15, 0.2) is 48.8 Å². The van der Waals surface area contributed by atoms with Crippen molar-refractivity contribution in [3.63, 3.8) is 0 Å². The maximum absolute atomic E-state index is 12.8. The van der Waals surface area contributed by atoms with Gasteiger partial charge in [0, 0.05) is 42.3 Å². The summed E-state index contributed by atoms with van der Waals surface area (Å²) in [6.07, 6.45) is 3.55. The number of fused-ring (bicyclic) bond motifs is 7. The van der Waals surface area contributed by atoms with Gasteiger partial charge in [0.1, 0.15) is 5.82 Å². The molecule has 0 atom stereocenters. The molecule has 0 aliphatic carbocycles. The van der Waals surface area contributed by atoms with E-state index in [4.69, 9.17) is 9.47 Å². The highest BCUT2D eigenvalue weighted by atomic mass is 16.5. The summed E-state index contributed by atoms with van der Waals surface area (Å²) in [5.41, 5.74) is 2.89. The zero-order chi connectivity index (χ0) is 22.7. The number of carbonyl (C=O) groups is 2. The summed E-state index contributed by atoms with van der Waals surface area (Å²) < 4.78 is 13.0. The van der Waals surface area contributed by atoms with Crippen LogP contribution in [0.3, 0.4) is 0 Å². The first-order valence-corrected chi connectivity index (χ1v) is 10.5. The van der Waals surface area contributed by atoms with Crippen LogP contribution in [-0.2, 0) is 11.3 Å². The van der Waals surface area contributed by atoms with E-state index in [2.05, 4.69) is 15.6 Å². The van der Waals surface area contributed by atoms with Crippen molar-refractivity contribution in [1.82, 2.24) is 20.2 Å². The first-order valence-electron chi connectivity index (χ1n) is 10.5. The number of methoxy groups -OCH3 is 1. The van der Waals surface area contributed by atoms with Gasteiger partial charge in [0.15, 0.2) is 18.1 Å². The van der Waals surface area contributed by atoms with E-state index in [1.807, 2.05) is 42.8 Å². The molecule has 0 radical (unpaired) electrons. The average Bonchev–Trinajstić information content (AvgIpc) is 3.29. The topological polar surface area (TPSA) is 94.5 Å². The normalized spacial score (nSPS) is 13.1. The molecule has 0 saturated heterocycles. The van der Waals surface area contributed by atoms with Gasteiger partial charge in [0.05, 0.1) is 7.11 Å². The number of benzene rings is 2. The predicted octanol–water partition coefficient (Wildman–Crippen LogP) is 2.94. The first-order chi connectivity index (χ1) is 15.4. The molecule has 166 valence electrons. The zero-order valence-corrected chi connectivity index (χ0v) is 18.3. The number of hydrogen-bond donors (Lipinski definition) is 2. The lowest BCUT2D eigenvalue weighted by atomic mass is 10.1. The summed E-state index contributed by atoms with van der Waals surface area (Å²) in [5.74, 6) is 1.57. The van der Waals surface area contributed by atoms with Gasteiger partial charge in [-0.2, -0.15) is 0 Å². The standard InChI is InChI=1S/C24H26N4O4/c1-15(2)12-27-24(30)18-8-16-9-19(10-18)28-7-6-25-23(28)17-4-5-20(31-3)21(11-17)32-14-22(29)26-13-16/h4-11,15H,12-14H2,1-3H3,(H,26,29)(H,27,30). The van der Waals surface area contributed by atoms with Gasteiger partial charge in [-0.05, 0) is 47.9 Å². The van der Waals surface area contributed by atoms with Crippen molar-refractivity contribution in [2.75, 3.05) is 20.3 Å². The molecule has 2 N–H and O–H groups in total. The van der Waals surface area contributed by atoms with Gasteiger partial charge in [0.25, 0.3) is 11.8 Å². The monoisotopic (exact) mass is 434 g/mol. The Hall–Kier alpha value is -3.81. The predicted molar refractivity (Wildman–Crippen MR) is 120 cm³/mol. The Morgan fingerprint density at radius 2 is 2.12 bits per heavy atom. The van der Waals surface area contributed by atoms with Crippen molar-refractivity contribution in [2.45, 2.75) is 20.4 Å². The minimum Gasteiger partial charge on any atom is -0.493 e. The molecule has 0 spiro atoms. The fourth-order valence-electron chi connectivity index (χ4n) is 3.49. The summed E-state index contributed by atoms with van der Waals surface area (Å²) >= 11 is 0. The fourth-order valence-corrected chi connectivity index (χ4v) is 3.49. The van der Waals surface area contributed by atoms with E-state index in [-0.39, 0.29) is 25.0 Å². The Morgan fingerprint density at radius 1 is 1.28 bits per heavy atom. The Bertz CT molecular complexity index is 1150. The number of hydrogen-bond acceptors (Lipinski definition) is 5. The third-order valence-electron chi connectivity index (χ3n) is 5.10. The molecule has 1 aliphatic rings. The lowest BCUT2D eigenvalue weighted by Crippen LogP contribution is -2.29. The second-order valence-corrected chi connectivity index (χ2v) is 8.04. The number of imidazole rings is 1. The quantitative estimate of drug-likeness (QED) is 0.659. The van der Waals surface area contributed by atoms with Crippen LogP contribution in [0, 0.1) is 5.92 Å². The largest absolute Gasteiger partial charge is 0.493 e. The molecule has 0 unspecified atom stereocenters. The molecule has 2 aromatic carbocycles. The van der Waals surface area contributed by atoms with Gasteiger partial charge in [-0.3, -0.25) is 14.2 Å². The van der Waals surface area contributed by atoms with E-state index in [0.29, 0.717) is 35.3 Å². The van der Waals surface area contributed by atoms with Crippen LogP contribution >= 0.6 is 0 Å². The van der Waals surface area contributed by atoms with Crippen molar-refractivity contribution in [1.29, 1.82) is 0 Å². The highest BCUT2D eigenvalue weighted by molar-refractivity contribution is 5.95. The number of ether oxygens (including phenoxy) is 2. The molecule has 1 aliphatic heterocycles. The van der Waals surface area contributed by atoms with Gasteiger partial charge < -0.3 is 20.1 Å². The first kappa shape index (κ1) is 21.4. The Morgan fingerprint density at radius 3 is 2.91 bits per heavy atom. The Kier molecular flexibility index (Phi) is 6.11. The summed E-state index contributed by atoms with van der Waals surface area (Å²) in [5, 5.41) is 5.80. The molecule has 4 bridgehead atoms. The molecule has 0 saturated carbocycles. The van der Waals surface area contributed by atoms with Crippen molar-refractivity contribution < 1.29 is 19.1 Å². The van der Waals surface area contributed by atoms with Gasteiger partial charge in [-0.15, -0.1) is 0 Å². The number of nitrogens with one attached hydrogen (secondary N) is 2. The Labute approximate surface area is 186 Å². The van der Waals surface area contributed by atoms with Crippen molar-refractivity contribution in [3.05, 3.63) is 59.9 Å². The van der Waals surface area contributed by atoms with Crippen LogP contribution in [0.5, 0.6) is 11.5 Å². The van der Waals surface area contributed by atoms with Crippen LogP contribution in [0.4, 0.5) is 0 Å². The number of nitrogens with zero attached hydrogens (tertiary/aromatic N) is 2. The molecule has 4 rings (SSSR count). The van der Waals surface area contributed by atoms with E-state index >= 15 is 0 Å². The zero-order valence-electron chi connectivity index (χ0n) is 18.3. The molecule has 2 amide bonds.